The second kappa shape index (κ2) is 6.43. The first-order valence-corrected chi connectivity index (χ1v) is 7.78. The van der Waals surface area contributed by atoms with Crippen LogP contribution in [0.5, 0.6) is 0 Å². The van der Waals surface area contributed by atoms with Crippen LogP contribution in [0, 0.1) is 5.82 Å². The van der Waals surface area contributed by atoms with Crippen LogP contribution < -0.4 is 4.90 Å². The van der Waals surface area contributed by atoms with Crippen molar-refractivity contribution >= 4 is 17.6 Å². The summed E-state index contributed by atoms with van der Waals surface area (Å²) >= 11 is 0. The molecule has 0 fully saturated rings. The van der Waals surface area contributed by atoms with Crippen LogP contribution in [0.3, 0.4) is 0 Å². The Morgan fingerprint density at radius 3 is 2.46 bits per heavy atom. The van der Waals surface area contributed by atoms with Gasteiger partial charge in [-0.3, -0.25) is 9.59 Å². The average molecular weight is 327 g/mol. The van der Waals surface area contributed by atoms with E-state index in [4.69, 9.17) is 4.74 Å². The molecule has 24 heavy (non-hydrogen) atoms. The van der Waals surface area contributed by atoms with Gasteiger partial charge in [0.1, 0.15) is 5.82 Å². The normalized spacial score (nSPS) is 19.5. The molecular formula is C19H18FNO3. The smallest absolute Gasteiger partial charge is 0.313 e. The minimum Gasteiger partial charge on any atom is -0.469 e. The van der Waals surface area contributed by atoms with Gasteiger partial charge in [-0.15, -0.1) is 0 Å². The van der Waals surface area contributed by atoms with E-state index >= 15 is 0 Å². The van der Waals surface area contributed by atoms with Crippen LogP contribution in [0.2, 0.25) is 0 Å². The maximum atomic E-state index is 13.1. The maximum absolute atomic E-state index is 13.1. The largest absolute Gasteiger partial charge is 0.469 e. The van der Waals surface area contributed by atoms with Crippen LogP contribution in [-0.2, 0) is 9.53 Å². The second-order valence-corrected chi connectivity index (χ2v) is 5.90. The van der Waals surface area contributed by atoms with Crippen molar-refractivity contribution in [2.75, 3.05) is 12.0 Å². The number of amides is 1. The molecule has 3 rings (SSSR count). The molecule has 4 nitrogen and oxygen atoms in total. The number of hydrogen-bond acceptors (Lipinski definition) is 3. The van der Waals surface area contributed by atoms with Crippen LogP contribution in [0.15, 0.2) is 48.5 Å². The molecular weight excluding hydrogens is 309 g/mol. The predicted molar refractivity (Wildman–Crippen MR) is 88.5 cm³/mol. The molecule has 0 aromatic heterocycles. The molecule has 0 spiro atoms. The standard InChI is InChI=1S/C19H18FNO3/c1-12-11-16(19(23)24-2)15-5-3-4-6-17(15)21(12)18(22)13-7-9-14(20)10-8-13/h3-10,12,16H,11H2,1-2H3. The number of halogens is 1. The molecule has 0 saturated carbocycles. The van der Waals surface area contributed by atoms with Gasteiger partial charge in [-0.05, 0) is 49.2 Å². The van der Waals surface area contributed by atoms with Gasteiger partial charge in [-0.1, -0.05) is 18.2 Å². The fourth-order valence-corrected chi connectivity index (χ4v) is 3.22. The molecule has 1 aliphatic heterocycles. The number of para-hydroxylation sites is 1. The minimum absolute atomic E-state index is 0.179. The zero-order chi connectivity index (χ0) is 17.3. The highest BCUT2D eigenvalue weighted by Crippen LogP contribution is 2.39. The molecule has 124 valence electrons. The molecule has 2 aromatic carbocycles. The zero-order valence-corrected chi connectivity index (χ0v) is 13.5. The Labute approximate surface area is 139 Å². The highest BCUT2D eigenvalue weighted by Gasteiger charge is 2.37. The lowest BCUT2D eigenvalue weighted by Gasteiger charge is -2.38. The summed E-state index contributed by atoms with van der Waals surface area (Å²) in [5.74, 6) is -1.29. The van der Waals surface area contributed by atoms with Crippen LogP contribution in [-0.4, -0.2) is 25.0 Å². The van der Waals surface area contributed by atoms with Crippen LogP contribution >= 0.6 is 0 Å². The molecule has 2 aromatic rings. The summed E-state index contributed by atoms with van der Waals surface area (Å²) < 4.78 is 18.0. The van der Waals surface area contributed by atoms with Gasteiger partial charge in [-0.25, -0.2) is 4.39 Å². The predicted octanol–water partition coefficient (Wildman–Crippen LogP) is 3.52. The molecule has 2 atom stereocenters. The molecule has 0 aliphatic carbocycles. The Balaban J connectivity index is 2.03. The van der Waals surface area contributed by atoms with Crippen molar-refractivity contribution in [3.05, 3.63) is 65.5 Å². The highest BCUT2D eigenvalue weighted by atomic mass is 19.1. The van der Waals surface area contributed by atoms with Gasteiger partial charge in [0.15, 0.2) is 0 Å². The van der Waals surface area contributed by atoms with Crippen molar-refractivity contribution in [3.63, 3.8) is 0 Å². The van der Waals surface area contributed by atoms with Gasteiger partial charge in [-0.2, -0.15) is 0 Å². The lowest BCUT2D eigenvalue weighted by atomic mass is 9.85. The second-order valence-electron chi connectivity index (χ2n) is 5.90. The first kappa shape index (κ1) is 16.2. The Morgan fingerprint density at radius 2 is 1.79 bits per heavy atom. The van der Waals surface area contributed by atoms with E-state index in [1.807, 2.05) is 31.2 Å². The number of esters is 1. The van der Waals surface area contributed by atoms with Crippen molar-refractivity contribution in [1.29, 1.82) is 0 Å². The van der Waals surface area contributed by atoms with Gasteiger partial charge < -0.3 is 9.64 Å². The molecule has 1 heterocycles. The van der Waals surface area contributed by atoms with Gasteiger partial charge in [0.25, 0.3) is 5.91 Å². The topological polar surface area (TPSA) is 46.6 Å². The van der Waals surface area contributed by atoms with Crippen molar-refractivity contribution in [2.24, 2.45) is 0 Å². The fraction of sp³-hybridized carbons (Fsp3) is 0.263. The number of methoxy groups -OCH3 is 1. The molecule has 2 unspecified atom stereocenters. The SMILES string of the molecule is COC(=O)C1CC(C)N(C(=O)c2ccc(F)cc2)c2ccccc21. The summed E-state index contributed by atoms with van der Waals surface area (Å²) in [6.07, 6.45) is 0.483. The molecule has 0 bridgehead atoms. The summed E-state index contributed by atoms with van der Waals surface area (Å²) in [6, 6.07) is 12.6. The van der Waals surface area contributed by atoms with E-state index in [1.54, 1.807) is 4.90 Å². The molecule has 0 N–H and O–H groups in total. The summed E-state index contributed by atoms with van der Waals surface area (Å²) in [6.45, 7) is 1.90. The Bertz CT molecular complexity index is 772. The van der Waals surface area contributed by atoms with E-state index < -0.39 is 5.92 Å². The molecule has 0 radical (unpaired) electrons. The fourth-order valence-electron chi connectivity index (χ4n) is 3.22. The van der Waals surface area contributed by atoms with Crippen molar-refractivity contribution in [2.45, 2.75) is 25.3 Å². The Morgan fingerprint density at radius 1 is 1.12 bits per heavy atom. The quantitative estimate of drug-likeness (QED) is 0.793. The van der Waals surface area contributed by atoms with Crippen molar-refractivity contribution < 1.29 is 18.7 Å². The van der Waals surface area contributed by atoms with Crippen LogP contribution in [0.4, 0.5) is 10.1 Å². The van der Waals surface area contributed by atoms with E-state index in [-0.39, 0.29) is 23.7 Å². The molecule has 5 heteroatoms. The summed E-state index contributed by atoms with van der Waals surface area (Å²) in [7, 11) is 1.37. The molecule has 1 aliphatic rings. The Hall–Kier alpha value is -2.69. The van der Waals surface area contributed by atoms with Gasteiger partial charge in [0.2, 0.25) is 0 Å². The van der Waals surface area contributed by atoms with Gasteiger partial charge >= 0.3 is 5.97 Å². The third kappa shape index (κ3) is 2.77. The first-order valence-electron chi connectivity index (χ1n) is 7.78. The Kier molecular flexibility index (Phi) is 4.34. The third-order valence-corrected chi connectivity index (χ3v) is 4.38. The van der Waals surface area contributed by atoms with E-state index in [1.165, 1.54) is 31.4 Å². The highest BCUT2D eigenvalue weighted by molar-refractivity contribution is 6.07. The van der Waals surface area contributed by atoms with Crippen molar-refractivity contribution in [3.8, 4) is 0 Å². The van der Waals surface area contributed by atoms with Gasteiger partial charge in [0, 0.05) is 17.3 Å². The lowest BCUT2D eigenvalue weighted by molar-refractivity contribution is -0.142. The van der Waals surface area contributed by atoms with Crippen LogP contribution in [0.25, 0.3) is 0 Å². The number of rotatable bonds is 2. The first-order chi connectivity index (χ1) is 11.5. The van der Waals surface area contributed by atoms with E-state index in [9.17, 15) is 14.0 Å². The van der Waals surface area contributed by atoms with E-state index in [0.29, 0.717) is 17.7 Å². The number of benzene rings is 2. The minimum atomic E-state index is -0.390. The molecule has 1 amide bonds. The molecule has 0 saturated heterocycles. The number of ether oxygens (including phenoxy) is 1. The monoisotopic (exact) mass is 327 g/mol. The van der Waals surface area contributed by atoms with Crippen LogP contribution in [0.1, 0.15) is 35.2 Å². The summed E-state index contributed by atoms with van der Waals surface area (Å²) in [5.41, 5.74) is 1.88. The van der Waals surface area contributed by atoms with E-state index in [0.717, 1.165) is 5.56 Å². The summed E-state index contributed by atoms with van der Waals surface area (Å²) in [5, 5.41) is 0. The third-order valence-electron chi connectivity index (χ3n) is 4.38. The van der Waals surface area contributed by atoms with Crippen molar-refractivity contribution in [1.82, 2.24) is 0 Å². The number of nitrogens with zero attached hydrogens (tertiary/aromatic N) is 1. The van der Waals surface area contributed by atoms with E-state index in [2.05, 4.69) is 0 Å². The number of anilines is 1. The lowest BCUT2D eigenvalue weighted by Crippen LogP contribution is -2.44. The maximum Gasteiger partial charge on any atom is 0.313 e. The number of fused-ring (bicyclic) bond motifs is 1. The number of hydrogen-bond donors (Lipinski definition) is 0. The average Bonchev–Trinajstić information content (AvgIpc) is 2.60. The number of carbonyl (C=O) groups is 2. The summed E-state index contributed by atoms with van der Waals surface area (Å²) in [4.78, 5) is 26.7. The number of carbonyl (C=O) groups excluding carboxylic acids is 2. The zero-order valence-electron chi connectivity index (χ0n) is 13.5. The van der Waals surface area contributed by atoms with Gasteiger partial charge in [0.05, 0.1) is 13.0 Å².